The average molecular weight is 215 g/mol. The zero-order valence-corrected chi connectivity index (χ0v) is 8.85. The molecule has 1 fully saturated rings. The average Bonchev–Trinajstić information content (AvgIpc) is 2.17. The van der Waals surface area contributed by atoms with Crippen LogP contribution in [-0.4, -0.2) is 65.5 Å². The number of carbonyl (C=O) groups excluding carboxylic acids is 1. The van der Waals surface area contributed by atoms with Crippen LogP contribution in [0, 0.1) is 0 Å². The van der Waals surface area contributed by atoms with Crippen molar-refractivity contribution in [1.29, 1.82) is 0 Å². The summed E-state index contributed by atoms with van der Waals surface area (Å²) >= 11 is 0. The van der Waals surface area contributed by atoms with Crippen molar-refractivity contribution < 1.29 is 14.7 Å². The summed E-state index contributed by atoms with van der Waals surface area (Å²) in [5.41, 5.74) is 5.08. The van der Waals surface area contributed by atoms with Crippen molar-refractivity contribution in [3.8, 4) is 0 Å². The van der Waals surface area contributed by atoms with Gasteiger partial charge in [-0.1, -0.05) is 0 Å². The van der Waals surface area contributed by atoms with E-state index in [2.05, 4.69) is 0 Å². The second-order valence-electron chi connectivity index (χ2n) is 3.79. The van der Waals surface area contributed by atoms with Crippen molar-refractivity contribution in [1.82, 2.24) is 9.80 Å². The van der Waals surface area contributed by atoms with Gasteiger partial charge in [0.15, 0.2) is 0 Å². The predicted octanol–water partition coefficient (Wildman–Crippen LogP) is -1.44. The molecule has 0 aromatic rings. The number of hydrogen-bond acceptors (Lipinski definition) is 4. The Kier molecular flexibility index (Phi) is 4.05. The molecular formula is C9H17N3O3. The summed E-state index contributed by atoms with van der Waals surface area (Å²) < 4.78 is 0. The van der Waals surface area contributed by atoms with Gasteiger partial charge in [-0.25, -0.2) is 0 Å². The number of nitrogens with zero attached hydrogens (tertiary/aromatic N) is 2. The van der Waals surface area contributed by atoms with Gasteiger partial charge >= 0.3 is 5.97 Å². The van der Waals surface area contributed by atoms with Crippen LogP contribution in [0.25, 0.3) is 0 Å². The van der Waals surface area contributed by atoms with Crippen LogP contribution in [0.2, 0.25) is 0 Å². The minimum absolute atomic E-state index is 0.259. The second-order valence-corrected chi connectivity index (χ2v) is 3.79. The summed E-state index contributed by atoms with van der Waals surface area (Å²) in [5, 5.41) is 8.82. The number of nitrogens with two attached hydrogens (primary N) is 1. The maximum atomic E-state index is 10.7. The van der Waals surface area contributed by atoms with E-state index in [4.69, 9.17) is 10.8 Å². The Hall–Kier alpha value is -1.14. The highest BCUT2D eigenvalue weighted by Crippen LogP contribution is 2.05. The van der Waals surface area contributed by atoms with Gasteiger partial charge in [0, 0.05) is 26.2 Å². The molecule has 1 saturated heterocycles. The zero-order chi connectivity index (χ0) is 11.4. The van der Waals surface area contributed by atoms with Gasteiger partial charge in [0.1, 0.15) is 6.04 Å². The number of primary amides is 1. The Morgan fingerprint density at radius 3 is 2.27 bits per heavy atom. The Bertz CT molecular complexity index is 249. The summed E-state index contributed by atoms with van der Waals surface area (Å²) in [6.45, 7) is 4.66. The number of aliphatic carboxylic acids is 1. The third-order valence-electron chi connectivity index (χ3n) is 2.69. The number of rotatable bonds is 4. The standard InChI is InChI=1S/C9H17N3O3/c1-7(9(14)15)12-4-2-11(3-5-12)6-8(10)13/h7H,2-6H2,1H3,(H2,10,13)(H,14,15). The summed E-state index contributed by atoms with van der Waals surface area (Å²) in [7, 11) is 0. The minimum atomic E-state index is -0.807. The van der Waals surface area contributed by atoms with E-state index in [0.29, 0.717) is 26.2 Å². The van der Waals surface area contributed by atoms with E-state index in [1.807, 2.05) is 9.80 Å². The Morgan fingerprint density at radius 1 is 1.33 bits per heavy atom. The molecular weight excluding hydrogens is 198 g/mol. The van der Waals surface area contributed by atoms with Gasteiger partial charge in [0.05, 0.1) is 6.54 Å². The van der Waals surface area contributed by atoms with E-state index < -0.39 is 12.0 Å². The molecule has 6 heteroatoms. The molecule has 0 bridgehead atoms. The highest BCUT2D eigenvalue weighted by atomic mass is 16.4. The fraction of sp³-hybridized carbons (Fsp3) is 0.778. The Labute approximate surface area is 88.6 Å². The third-order valence-corrected chi connectivity index (χ3v) is 2.69. The molecule has 1 rings (SSSR count). The number of carboxylic acids is 1. The fourth-order valence-corrected chi connectivity index (χ4v) is 1.69. The van der Waals surface area contributed by atoms with Crippen molar-refractivity contribution in [2.24, 2.45) is 5.73 Å². The van der Waals surface area contributed by atoms with Gasteiger partial charge in [-0.05, 0) is 6.92 Å². The van der Waals surface area contributed by atoms with E-state index in [0.717, 1.165) is 0 Å². The SMILES string of the molecule is CC(C(=O)O)N1CCN(CC(N)=O)CC1. The molecule has 0 saturated carbocycles. The highest BCUT2D eigenvalue weighted by Gasteiger charge is 2.25. The lowest BCUT2D eigenvalue weighted by molar-refractivity contribution is -0.143. The molecule has 1 aliphatic heterocycles. The first-order valence-corrected chi connectivity index (χ1v) is 4.98. The molecule has 86 valence electrons. The van der Waals surface area contributed by atoms with Gasteiger partial charge in [0.2, 0.25) is 5.91 Å². The first-order valence-electron chi connectivity index (χ1n) is 4.98. The van der Waals surface area contributed by atoms with E-state index in [9.17, 15) is 9.59 Å². The van der Waals surface area contributed by atoms with Crippen LogP contribution in [0.4, 0.5) is 0 Å². The smallest absolute Gasteiger partial charge is 0.320 e. The number of piperazine rings is 1. The van der Waals surface area contributed by atoms with Crippen LogP contribution in [0.5, 0.6) is 0 Å². The quantitative estimate of drug-likeness (QED) is 0.600. The molecule has 1 heterocycles. The van der Waals surface area contributed by atoms with Crippen molar-refractivity contribution >= 4 is 11.9 Å². The zero-order valence-electron chi connectivity index (χ0n) is 8.85. The van der Waals surface area contributed by atoms with Gasteiger partial charge in [-0.15, -0.1) is 0 Å². The van der Waals surface area contributed by atoms with Gasteiger partial charge in [-0.2, -0.15) is 0 Å². The van der Waals surface area contributed by atoms with Crippen LogP contribution in [0.15, 0.2) is 0 Å². The topological polar surface area (TPSA) is 86.9 Å². The lowest BCUT2D eigenvalue weighted by Crippen LogP contribution is -2.53. The van der Waals surface area contributed by atoms with Gasteiger partial charge in [-0.3, -0.25) is 19.4 Å². The van der Waals surface area contributed by atoms with Crippen LogP contribution in [-0.2, 0) is 9.59 Å². The molecule has 3 N–H and O–H groups in total. The second kappa shape index (κ2) is 5.09. The first-order chi connectivity index (χ1) is 7.00. The van der Waals surface area contributed by atoms with E-state index >= 15 is 0 Å². The summed E-state index contributed by atoms with van der Waals surface area (Å²) in [6, 6.07) is -0.458. The molecule has 6 nitrogen and oxygen atoms in total. The highest BCUT2D eigenvalue weighted by molar-refractivity contribution is 5.76. The molecule has 1 amide bonds. The normalized spacial score (nSPS) is 21.1. The maximum absolute atomic E-state index is 10.7. The van der Waals surface area contributed by atoms with Crippen LogP contribution in [0.1, 0.15) is 6.92 Å². The number of hydrogen-bond donors (Lipinski definition) is 2. The van der Waals surface area contributed by atoms with Crippen LogP contribution < -0.4 is 5.73 Å². The largest absolute Gasteiger partial charge is 0.480 e. The molecule has 0 aromatic carbocycles. The lowest BCUT2D eigenvalue weighted by Gasteiger charge is -2.35. The monoisotopic (exact) mass is 215 g/mol. The molecule has 0 aliphatic carbocycles. The maximum Gasteiger partial charge on any atom is 0.320 e. The number of amides is 1. The molecule has 1 unspecified atom stereocenters. The van der Waals surface area contributed by atoms with Crippen molar-refractivity contribution in [2.75, 3.05) is 32.7 Å². The molecule has 0 aromatic heterocycles. The van der Waals surface area contributed by atoms with Gasteiger partial charge in [0.25, 0.3) is 0 Å². The molecule has 0 spiro atoms. The third kappa shape index (κ3) is 3.49. The van der Waals surface area contributed by atoms with Crippen molar-refractivity contribution in [3.63, 3.8) is 0 Å². The summed E-state index contributed by atoms with van der Waals surface area (Å²) in [4.78, 5) is 25.2. The van der Waals surface area contributed by atoms with E-state index in [-0.39, 0.29) is 12.5 Å². The Balaban J connectivity index is 2.35. The Morgan fingerprint density at radius 2 is 1.87 bits per heavy atom. The summed E-state index contributed by atoms with van der Waals surface area (Å²) in [6.07, 6.45) is 0. The predicted molar refractivity (Wildman–Crippen MR) is 54.3 cm³/mol. The summed E-state index contributed by atoms with van der Waals surface area (Å²) in [5.74, 6) is -1.15. The van der Waals surface area contributed by atoms with Crippen molar-refractivity contribution in [3.05, 3.63) is 0 Å². The molecule has 15 heavy (non-hydrogen) atoms. The number of carboxylic acid groups (broad SMARTS) is 1. The van der Waals surface area contributed by atoms with Crippen LogP contribution >= 0.6 is 0 Å². The van der Waals surface area contributed by atoms with Crippen LogP contribution in [0.3, 0.4) is 0 Å². The molecule has 0 radical (unpaired) electrons. The first kappa shape index (κ1) is 11.9. The molecule has 1 aliphatic rings. The van der Waals surface area contributed by atoms with E-state index in [1.54, 1.807) is 6.92 Å². The lowest BCUT2D eigenvalue weighted by atomic mass is 10.2. The van der Waals surface area contributed by atoms with E-state index in [1.165, 1.54) is 0 Å². The van der Waals surface area contributed by atoms with Gasteiger partial charge < -0.3 is 10.8 Å². The minimum Gasteiger partial charge on any atom is -0.480 e. The fourth-order valence-electron chi connectivity index (χ4n) is 1.69. The molecule has 1 atom stereocenters. The number of carbonyl (C=O) groups is 2. The van der Waals surface area contributed by atoms with Crippen molar-refractivity contribution in [2.45, 2.75) is 13.0 Å².